The highest BCUT2D eigenvalue weighted by molar-refractivity contribution is 5.72. The van der Waals surface area contributed by atoms with E-state index >= 15 is 0 Å². The second kappa shape index (κ2) is 9.30. The molecule has 5 heteroatoms. The van der Waals surface area contributed by atoms with Gasteiger partial charge in [-0.25, -0.2) is 17.6 Å². The van der Waals surface area contributed by atoms with Crippen molar-refractivity contribution in [1.29, 1.82) is 5.26 Å². The van der Waals surface area contributed by atoms with Gasteiger partial charge in [0.15, 0.2) is 0 Å². The molecule has 4 aromatic carbocycles. The summed E-state index contributed by atoms with van der Waals surface area (Å²) in [4.78, 5) is 0. The smallest absolute Gasteiger partial charge is 0.144 e. The third kappa shape index (κ3) is 4.65. The molecule has 0 aliphatic carbocycles. The van der Waals surface area contributed by atoms with Gasteiger partial charge in [-0.2, -0.15) is 5.26 Å². The molecule has 164 valence electrons. The summed E-state index contributed by atoms with van der Waals surface area (Å²) in [6.07, 6.45) is 0.821. The topological polar surface area (TPSA) is 23.8 Å². The minimum absolute atomic E-state index is 0.309. The van der Waals surface area contributed by atoms with E-state index in [9.17, 15) is 17.6 Å². The highest BCUT2D eigenvalue weighted by Gasteiger charge is 2.18. The van der Waals surface area contributed by atoms with E-state index in [-0.39, 0.29) is 5.56 Å². The second-order valence-corrected chi connectivity index (χ2v) is 7.95. The van der Waals surface area contributed by atoms with Gasteiger partial charge in [0.25, 0.3) is 0 Å². The summed E-state index contributed by atoms with van der Waals surface area (Å²) in [5.41, 5.74) is 1.61. The highest BCUT2D eigenvalue weighted by atomic mass is 19.1. The van der Waals surface area contributed by atoms with Crippen LogP contribution < -0.4 is 0 Å². The molecule has 0 aliphatic rings. The van der Waals surface area contributed by atoms with E-state index in [0.29, 0.717) is 17.0 Å². The van der Waals surface area contributed by atoms with Crippen LogP contribution in [0.1, 0.15) is 29.5 Å². The highest BCUT2D eigenvalue weighted by Crippen LogP contribution is 2.33. The van der Waals surface area contributed by atoms with Crippen LogP contribution in [0, 0.1) is 34.6 Å². The maximum atomic E-state index is 14.8. The normalized spacial score (nSPS) is 11.8. The van der Waals surface area contributed by atoms with Crippen molar-refractivity contribution in [3.8, 4) is 28.3 Å². The molecule has 1 unspecified atom stereocenters. The first-order valence-corrected chi connectivity index (χ1v) is 10.4. The van der Waals surface area contributed by atoms with Crippen molar-refractivity contribution in [2.24, 2.45) is 0 Å². The fraction of sp³-hybridized carbons (Fsp3) is 0.107. The lowest BCUT2D eigenvalue weighted by Crippen LogP contribution is -1.98. The summed E-state index contributed by atoms with van der Waals surface area (Å²) in [6.45, 7) is 2.14. The molecule has 0 radical (unpaired) electrons. The number of rotatable bonds is 5. The van der Waals surface area contributed by atoms with Crippen LogP contribution in [0.3, 0.4) is 0 Å². The summed E-state index contributed by atoms with van der Waals surface area (Å²) in [6, 6.07) is 22.7. The molecule has 4 rings (SSSR count). The summed E-state index contributed by atoms with van der Waals surface area (Å²) in [5.74, 6) is -3.92. The van der Waals surface area contributed by atoms with E-state index in [0.717, 1.165) is 36.2 Å². The van der Waals surface area contributed by atoms with Crippen molar-refractivity contribution < 1.29 is 17.6 Å². The Morgan fingerprint density at radius 2 is 1.24 bits per heavy atom. The Morgan fingerprint density at radius 1 is 0.697 bits per heavy atom. The standard InChI is InChI=1S/C28H19F4N/c1-17(19-5-3-2-4-6-19)11-18-7-9-20(10-8-18)21-12-26(31)28(27(32)13-21)22-14-24(29)23(16-33)25(30)15-22/h2-10,12-15,17H,11H2,1H3. The number of benzene rings is 4. The number of hydrogen-bond acceptors (Lipinski definition) is 1. The predicted molar refractivity (Wildman–Crippen MR) is 120 cm³/mol. The maximum Gasteiger partial charge on any atom is 0.144 e. The van der Waals surface area contributed by atoms with E-state index in [1.807, 2.05) is 30.3 Å². The van der Waals surface area contributed by atoms with Gasteiger partial charge in [0.2, 0.25) is 0 Å². The van der Waals surface area contributed by atoms with Crippen LogP contribution in [0.15, 0.2) is 78.9 Å². The van der Waals surface area contributed by atoms with E-state index < -0.39 is 34.4 Å². The van der Waals surface area contributed by atoms with Gasteiger partial charge >= 0.3 is 0 Å². The fourth-order valence-electron chi connectivity index (χ4n) is 3.93. The summed E-state index contributed by atoms with van der Waals surface area (Å²) in [7, 11) is 0. The molecule has 0 amide bonds. The molecule has 0 spiro atoms. The summed E-state index contributed by atoms with van der Waals surface area (Å²) in [5, 5.41) is 8.78. The summed E-state index contributed by atoms with van der Waals surface area (Å²) < 4.78 is 57.5. The minimum Gasteiger partial charge on any atom is -0.206 e. The first-order valence-electron chi connectivity index (χ1n) is 10.4. The van der Waals surface area contributed by atoms with Gasteiger partial charge in [0.05, 0.1) is 5.56 Å². The van der Waals surface area contributed by atoms with Crippen molar-refractivity contribution in [2.45, 2.75) is 19.3 Å². The fourth-order valence-corrected chi connectivity index (χ4v) is 3.93. The molecule has 0 N–H and O–H groups in total. The Bertz CT molecular complexity index is 1290. The first-order chi connectivity index (χ1) is 15.9. The quantitative estimate of drug-likeness (QED) is 0.288. The Labute approximate surface area is 189 Å². The van der Waals surface area contributed by atoms with Crippen LogP contribution in [0.25, 0.3) is 22.3 Å². The lowest BCUT2D eigenvalue weighted by molar-refractivity contribution is 0.573. The van der Waals surface area contributed by atoms with Gasteiger partial charge in [-0.3, -0.25) is 0 Å². The Hall–Kier alpha value is -3.91. The molecule has 0 aliphatic heterocycles. The van der Waals surface area contributed by atoms with Gasteiger partial charge in [-0.1, -0.05) is 61.5 Å². The average molecular weight is 445 g/mol. The molecule has 0 saturated heterocycles. The van der Waals surface area contributed by atoms with Crippen LogP contribution in [0.2, 0.25) is 0 Å². The van der Waals surface area contributed by atoms with E-state index in [1.165, 1.54) is 11.6 Å². The molecule has 0 saturated carbocycles. The maximum absolute atomic E-state index is 14.8. The lowest BCUT2D eigenvalue weighted by Gasteiger charge is -2.13. The Kier molecular flexibility index (Phi) is 6.28. The molecule has 0 aromatic heterocycles. The molecule has 1 nitrogen and oxygen atoms in total. The van der Waals surface area contributed by atoms with Gasteiger partial charge in [-0.05, 0) is 64.4 Å². The largest absolute Gasteiger partial charge is 0.206 e. The van der Waals surface area contributed by atoms with Crippen molar-refractivity contribution in [1.82, 2.24) is 0 Å². The molecule has 0 heterocycles. The number of halogens is 4. The number of hydrogen-bond donors (Lipinski definition) is 0. The van der Waals surface area contributed by atoms with E-state index in [2.05, 4.69) is 19.1 Å². The van der Waals surface area contributed by atoms with Crippen LogP contribution in [-0.4, -0.2) is 0 Å². The monoisotopic (exact) mass is 445 g/mol. The average Bonchev–Trinajstić information content (AvgIpc) is 2.79. The third-order valence-corrected chi connectivity index (χ3v) is 5.68. The van der Waals surface area contributed by atoms with Gasteiger partial charge in [0.1, 0.15) is 34.9 Å². The molecule has 1 atom stereocenters. The van der Waals surface area contributed by atoms with Gasteiger partial charge in [0, 0.05) is 0 Å². The number of nitrogens with zero attached hydrogens (tertiary/aromatic N) is 1. The Morgan fingerprint density at radius 3 is 1.79 bits per heavy atom. The van der Waals surface area contributed by atoms with Crippen molar-refractivity contribution in [3.63, 3.8) is 0 Å². The van der Waals surface area contributed by atoms with Gasteiger partial charge < -0.3 is 0 Å². The molecule has 0 bridgehead atoms. The molecular formula is C28H19F4N. The minimum atomic E-state index is -1.17. The second-order valence-electron chi connectivity index (χ2n) is 7.95. The Balaban J connectivity index is 1.60. The zero-order chi connectivity index (χ0) is 23.5. The third-order valence-electron chi connectivity index (χ3n) is 5.68. The molecular weight excluding hydrogens is 426 g/mol. The molecule has 33 heavy (non-hydrogen) atoms. The van der Waals surface area contributed by atoms with E-state index in [4.69, 9.17) is 5.26 Å². The van der Waals surface area contributed by atoms with Crippen LogP contribution in [0.5, 0.6) is 0 Å². The van der Waals surface area contributed by atoms with E-state index in [1.54, 1.807) is 12.1 Å². The zero-order valence-corrected chi connectivity index (χ0v) is 17.7. The number of nitriles is 1. The molecule has 4 aromatic rings. The van der Waals surface area contributed by atoms with Gasteiger partial charge in [-0.15, -0.1) is 0 Å². The van der Waals surface area contributed by atoms with Crippen molar-refractivity contribution >= 4 is 0 Å². The van der Waals surface area contributed by atoms with Crippen LogP contribution in [-0.2, 0) is 6.42 Å². The van der Waals surface area contributed by atoms with Crippen molar-refractivity contribution in [2.75, 3.05) is 0 Å². The van der Waals surface area contributed by atoms with Crippen LogP contribution >= 0.6 is 0 Å². The summed E-state index contributed by atoms with van der Waals surface area (Å²) >= 11 is 0. The molecule has 0 fully saturated rings. The predicted octanol–water partition coefficient (Wildman–Crippen LogP) is 7.79. The van der Waals surface area contributed by atoms with Crippen LogP contribution in [0.4, 0.5) is 17.6 Å². The zero-order valence-electron chi connectivity index (χ0n) is 17.7. The first kappa shape index (κ1) is 22.3. The van der Waals surface area contributed by atoms with Crippen molar-refractivity contribution in [3.05, 3.63) is 119 Å². The lowest BCUT2D eigenvalue weighted by atomic mass is 9.92. The SMILES string of the molecule is CC(Cc1ccc(-c2cc(F)c(-c3cc(F)c(C#N)c(F)c3)c(F)c2)cc1)c1ccccc1.